The Bertz CT molecular complexity index is 1340. The van der Waals surface area contributed by atoms with Crippen LogP contribution in [0.1, 0.15) is 44.2 Å². The summed E-state index contributed by atoms with van der Waals surface area (Å²) < 4.78 is 30.7. The van der Waals surface area contributed by atoms with Gasteiger partial charge < -0.3 is 30.1 Å². The summed E-state index contributed by atoms with van der Waals surface area (Å²) >= 11 is 0. The van der Waals surface area contributed by atoms with Crippen LogP contribution >= 0.6 is 0 Å². The van der Waals surface area contributed by atoms with E-state index in [4.69, 9.17) is 0 Å². The second-order valence-corrected chi connectivity index (χ2v) is 14.0. The lowest BCUT2D eigenvalue weighted by atomic mass is 9.87. The van der Waals surface area contributed by atoms with Gasteiger partial charge in [0.05, 0.1) is 26.7 Å². The first-order valence-corrected chi connectivity index (χ1v) is 16.0. The van der Waals surface area contributed by atoms with Crippen LogP contribution in [0.3, 0.4) is 0 Å². The van der Waals surface area contributed by atoms with Crippen molar-refractivity contribution in [1.29, 1.82) is 0 Å². The Hall–Kier alpha value is -3.16. The Kier molecular flexibility index (Phi) is 12.0. The summed E-state index contributed by atoms with van der Waals surface area (Å²) in [7, 11) is -1.58. The first kappa shape index (κ1) is 34.3. The molecule has 1 saturated heterocycles. The molecule has 1 heterocycles. The Morgan fingerprint density at radius 3 is 2.23 bits per heavy atom. The van der Waals surface area contributed by atoms with Gasteiger partial charge >= 0.3 is 0 Å². The Morgan fingerprint density at radius 1 is 1.00 bits per heavy atom. The highest BCUT2D eigenvalue weighted by Crippen LogP contribution is 2.28. The van der Waals surface area contributed by atoms with E-state index in [2.05, 4.69) is 34.5 Å². The molecule has 1 aliphatic rings. The van der Waals surface area contributed by atoms with Gasteiger partial charge in [-0.1, -0.05) is 56.3 Å². The molecule has 0 saturated carbocycles. The molecule has 2 aromatic carbocycles. The van der Waals surface area contributed by atoms with E-state index in [9.17, 15) is 33.0 Å². The van der Waals surface area contributed by atoms with Gasteiger partial charge in [-0.25, -0.2) is 8.42 Å². The molecule has 0 unspecified atom stereocenters. The number of nitrogens with zero attached hydrogens (tertiary/aromatic N) is 2. The first-order chi connectivity index (χ1) is 20.2. The molecule has 12 heteroatoms. The number of amides is 2. The summed E-state index contributed by atoms with van der Waals surface area (Å²) in [5, 5.41) is 24.1. The van der Waals surface area contributed by atoms with Crippen LogP contribution in [-0.4, -0.2) is 86.6 Å². The molecule has 1 aliphatic heterocycles. The van der Waals surface area contributed by atoms with Gasteiger partial charge in [-0.15, -0.1) is 6.54 Å². The zero-order valence-corrected chi connectivity index (χ0v) is 26.0. The highest BCUT2D eigenvalue weighted by Gasteiger charge is 2.33. The lowest BCUT2D eigenvalue weighted by molar-refractivity contribution is -0.928. The third-order valence-electron chi connectivity index (χ3n) is 8.04. The van der Waals surface area contributed by atoms with E-state index in [-0.39, 0.29) is 36.9 Å². The highest BCUT2D eigenvalue weighted by atomic mass is 32.2. The molecule has 0 aliphatic carbocycles. The largest absolute Gasteiger partial charge is 0.544 e. The van der Waals surface area contributed by atoms with Gasteiger partial charge in [0.2, 0.25) is 11.7 Å². The van der Waals surface area contributed by atoms with Gasteiger partial charge in [-0.05, 0) is 36.5 Å². The van der Waals surface area contributed by atoms with Crippen molar-refractivity contribution in [1.82, 2.24) is 10.6 Å². The normalized spacial score (nSPS) is 19.8. The number of sulfonamides is 1. The third kappa shape index (κ3) is 10.2. The van der Waals surface area contributed by atoms with Crippen LogP contribution in [0.4, 0.5) is 0 Å². The van der Waals surface area contributed by atoms with Crippen LogP contribution in [0.25, 0.3) is 4.72 Å². The van der Waals surface area contributed by atoms with Crippen molar-refractivity contribution in [2.75, 3.05) is 39.8 Å². The number of Topliss-reactive ketones (excluding diaryl/α,β-unsaturated/α-hetero) is 1. The minimum Gasteiger partial charge on any atom is -0.544 e. The number of likely N-dealkylation sites (tertiary alicyclic amines) is 1. The predicted octanol–water partition coefficient (Wildman–Crippen LogP) is 1.88. The standard InChI is InChI=1S/C31H44N4O7S/c1-31(2,22-36)28(38)30(40)32-16-13-27(37)29(39)33-19-23-9-11-26(12-10-23)43(41,42)34-20-24-14-17-35(3,18-15-24)21-25-7-5-4-6-8-25/h4-12,24,28,36,38H,13-22H2,1-3H3,(H,32,40)(H,33,39)/t24?,28-,35?/m0/s1. The molecule has 2 amide bonds. The second-order valence-electron chi connectivity index (χ2n) is 12.3. The molecule has 3 rings (SSSR count). The molecule has 4 N–H and O–H groups in total. The number of hydrogen-bond acceptors (Lipinski definition) is 7. The van der Waals surface area contributed by atoms with E-state index in [1.165, 1.54) is 31.5 Å². The van der Waals surface area contributed by atoms with Crippen molar-refractivity contribution in [3.8, 4) is 0 Å². The van der Waals surface area contributed by atoms with E-state index >= 15 is 0 Å². The number of quaternary nitrogens is 1. The fourth-order valence-corrected chi connectivity index (χ4v) is 5.93. The number of benzene rings is 2. The van der Waals surface area contributed by atoms with Gasteiger partial charge in [0.25, 0.3) is 5.91 Å². The van der Waals surface area contributed by atoms with Crippen molar-refractivity contribution >= 4 is 27.6 Å². The van der Waals surface area contributed by atoms with Crippen molar-refractivity contribution in [3.05, 3.63) is 70.4 Å². The quantitative estimate of drug-likeness (QED) is 0.175. The van der Waals surface area contributed by atoms with Crippen LogP contribution in [0.5, 0.6) is 0 Å². The average molecular weight is 617 g/mol. The Balaban J connectivity index is 1.39. The minimum absolute atomic E-state index is 0.0138. The molecule has 1 fully saturated rings. The van der Waals surface area contributed by atoms with Crippen LogP contribution in [0.2, 0.25) is 0 Å². The highest BCUT2D eigenvalue weighted by molar-refractivity contribution is 7.94. The maximum atomic E-state index is 12.8. The molecule has 0 spiro atoms. The summed E-state index contributed by atoms with van der Waals surface area (Å²) in [6.45, 7) is 5.66. The summed E-state index contributed by atoms with van der Waals surface area (Å²) in [5.74, 6) is -2.12. The lowest BCUT2D eigenvalue weighted by Crippen LogP contribution is -2.49. The summed E-state index contributed by atoms with van der Waals surface area (Å²) in [6.07, 6.45) is 0.0924. The van der Waals surface area contributed by atoms with E-state index in [1.54, 1.807) is 12.1 Å². The summed E-state index contributed by atoms with van der Waals surface area (Å²) in [5.41, 5.74) is 0.854. The molecule has 2 aromatic rings. The van der Waals surface area contributed by atoms with Crippen LogP contribution in [0, 0.1) is 11.3 Å². The summed E-state index contributed by atoms with van der Waals surface area (Å²) in [6, 6.07) is 16.4. The minimum atomic E-state index is -3.82. The SMILES string of the molecule is CC(C)(CO)[C@@H](O)C(=O)NCCC(=O)C(=O)NCc1ccc(S(=O)(=O)[N-]CC2CC[N+](C)(Cc3ccccc3)CC2)cc1. The predicted molar refractivity (Wildman–Crippen MR) is 162 cm³/mol. The number of carbonyl (C=O) groups is 3. The number of rotatable bonds is 15. The van der Waals surface area contributed by atoms with Crippen molar-refractivity contribution < 1.29 is 37.5 Å². The summed E-state index contributed by atoms with van der Waals surface area (Å²) in [4.78, 5) is 36.3. The van der Waals surface area contributed by atoms with Crippen LogP contribution in [-0.2, 0) is 37.5 Å². The molecular weight excluding hydrogens is 572 g/mol. The third-order valence-corrected chi connectivity index (χ3v) is 9.40. The van der Waals surface area contributed by atoms with Gasteiger partial charge in [0.1, 0.15) is 22.7 Å². The van der Waals surface area contributed by atoms with Gasteiger partial charge in [0.15, 0.2) is 0 Å². The van der Waals surface area contributed by atoms with Crippen molar-refractivity contribution in [2.24, 2.45) is 11.3 Å². The second kappa shape index (κ2) is 15.0. The number of ketones is 1. The molecule has 11 nitrogen and oxygen atoms in total. The number of carbonyl (C=O) groups excluding carboxylic acids is 3. The maximum absolute atomic E-state index is 12.8. The topological polar surface area (TPSA) is 164 Å². The molecule has 0 bridgehead atoms. The number of piperidine rings is 1. The number of aliphatic hydroxyl groups is 2. The van der Waals surface area contributed by atoms with Gasteiger partial charge in [-0.3, -0.25) is 14.4 Å². The van der Waals surface area contributed by atoms with Crippen molar-refractivity contribution in [3.63, 3.8) is 0 Å². The van der Waals surface area contributed by atoms with E-state index in [0.717, 1.165) is 37.0 Å². The van der Waals surface area contributed by atoms with E-state index in [0.29, 0.717) is 5.56 Å². The van der Waals surface area contributed by atoms with Gasteiger partial charge in [-0.2, -0.15) is 0 Å². The fourth-order valence-electron chi connectivity index (χ4n) is 4.90. The first-order valence-electron chi connectivity index (χ1n) is 14.5. The molecule has 1 atom stereocenters. The lowest BCUT2D eigenvalue weighted by Gasteiger charge is -2.42. The monoisotopic (exact) mass is 616 g/mol. The van der Waals surface area contributed by atoms with E-state index in [1.807, 2.05) is 18.2 Å². The van der Waals surface area contributed by atoms with Crippen LogP contribution < -0.4 is 10.6 Å². The zero-order chi connectivity index (χ0) is 31.7. The molecule has 0 aromatic heterocycles. The number of aliphatic hydroxyl groups excluding tert-OH is 2. The molecular formula is C31H44N4O7S. The maximum Gasteiger partial charge on any atom is 0.287 e. The van der Waals surface area contributed by atoms with Gasteiger partial charge in [0, 0.05) is 35.4 Å². The molecule has 43 heavy (non-hydrogen) atoms. The van der Waals surface area contributed by atoms with Crippen LogP contribution in [0.15, 0.2) is 59.5 Å². The van der Waals surface area contributed by atoms with E-state index < -0.39 is 45.7 Å². The zero-order valence-electron chi connectivity index (χ0n) is 25.2. The average Bonchev–Trinajstić information content (AvgIpc) is 2.99. The van der Waals surface area contributed by atoms with Crippen molar-refractivity contribution in [2.45, 2.75) is 57.2 Å². The molecule has 236 valence electrons. The Morgan fingerprint density at radius 2 is 1.63 bits per heavy atom. The molecule has 0 radical (unpaired) electrons. The number of hydrogen-bond donors (Lipinski definition) is 4. The fraction of sp³-hybridized carbons (Fsp3) is 0.516. The number of nitrogens with one attached hydrogen (secondary N) is 2. The smallest absolute Gasteiger partial charge is 0.287 e. The Labute approximate surface area is 254 Å².